The van der Waals surface area contributed by atoms with Crippen molar-refractivity contribution in [1.82, 2.24) is 20.6 Å². The monoisotopic (exact) mass is 538 g/mol. The van der Waals surface area contributed by atoms with E-state index in [0.29, 0.717) is 31.1 Å². The predicted molar refractivity (Wildman–Crippen MR) is 141 cm³/mol. The molecule has 1 heterocycles. The third-order valence-electron chi connectivity index (χ3n) is 6.88. The van der Waals surface area contributed by atoms with Crippen LogP contribution in [0.15, 0.2) is 42.9 Å². The Labute approximate surface area is 227 Å². The highest BCUT2D eigenvalue weighted by Gasteiger charge is 2.32. The van der Waals surface area contributed by atoms with Gasteiger partial charge in [-0.15, -0.1) is 0 Å². The summed E-state index contributed by atoms with van der Waals surface area (Å²) in [6, 6.07) is 3.77. The highest BCUT2D eigenvalue weighted by molar-refractivity contribution is 5.97. The van der Waals surface area contributed by atoms with Crippen LogP contribution in [0.5, 0.6) is 0 Å². The van der Waals surface area contributed by atoms with Crippen molar-refractivity contribution in [3.8, 4) is 0 Å². The molecular weight excluding hydrogens is 503 g/mol. The molecule has 2 amide bonds. The molecule has 0 spiro atoms. The van der Waals surface area contributed by atoms with Gasteiger partial charge in [0, 0.05) is 37.1 Å². The van der Waals surface area contributed by atoms with Crippen LogP contribution < -0.4 is 10.6 Å². The molecule has 208 valence electrons. The smallest absolute Gasteiger partial charge is 0.272 e. The number of hydrogen-bond acceptors (Lipinski definition) is 7. The Morgan fingerprint density at radius 1 is 1.13 bits per heavy atom. The third-order valence-corrected chi connectivity index (χ3v) is 6.88. The third kappa shape index (κ3) is 9.15. The Morgan fingerprint density at radius 3 is 2.46 bits per heavy atom. The van der Waals surface area contributed by atoms with Gasteiger partial charge < -0.3 is 15.4 Å². The van der Waals surface area contributed by atoms with E-state index < -0.39 is 35.6 Å². The minimum Gasteiger partial charge on any atom is -0.346 e. The first kappa shape index (κ1) is 29.7. The normalized spacial score (nSPS) is 17.3. The van der Waals surface area contributed by atoms with E-state index in [2.05, 4.69) is 20.6 Å². The molecule has 1 aliphatic carbocycles. The van der Waals surface area contributed by atoms with Gasteiger partial charge >= 0.3 is 0 Å². The SMILES string of the molecule is CC(C)C[C@H](CC(=O)[C@H](Cc1ccc(F)cc1)NC(=O)c1cnccn1)C(=O)N[C@H](C=O)C[C@@H]1CCCC1=O. The second-order valence-electron chi connectivity index (χ2n) is 10.5. The number of aromatic nitrogens is 2. The first-order valence-corrected chi connectivity index (χ1v) is 13.3. The van der Waals surface area contributed by atoms with Crippen molar-refractivity contribution in [2.75, 3.05) is 0 Å². The van der Waals surface area contributed by atoms with Crippen LogP contribution in [0.25, 0.3) is 0 Å². The lowest BCUT2D eigenvalue weighted by molar-refractivity contribution is -0.132. The molecule has 10 heteroatoms. The van der Waals surface area contributed by atoms with Crippen LogP contribution in [-0.4, -0.2) is 51.7 Å². The van der Waals surface area contributed by atoms with E-state index in [0.717, 1.165) is 6.42 Å². The number of aldehydes is 1. The van der Waals surface area contributed by atoms with Crippen LogP contribution in [-0.2, 0) is 25.6 Å². The van der Waals surface area contributed by atoms with Gasteiger partial charge in [-0.25, -0.2) is 9.37 Å². The molecule has 3 rings (SSSR count). The molecular formula is C29H35FN4O5. The van der Waals surface area contributed by atoms with E-state index in [1.165, 1.54) is 42.9 Å². The quantitative estimate of drug-likeness (QED) is 0.353. The van der Waals surface area contributed by atoms with E-state index in [4.69, 9.17) is 0 Å². The van der Waals surface area contributed by atoms with Gasteiger partial charge in [0.2, 0.25) is 5.91 Å². The fraction of sp³-hybridized carbons (Fsp3) is 0.483. The van der Waals surface area contributed by atoms with Crippen molar-refractivity contribution in [2.45, 2.75) is 70.9 Å². The number of rotatable bonds is 14. The molecule has 9 nitrogen and oxygen atoms in total. The lowest BCUT2D eigenvalue weighted by Crippen LogP contribution is -2.46. The topological polar surface area (TPSA) is 135 Å². The number of amides is 2. The van der Waals surface area contributed by atoms with Crippen molar-refractivity contribution in [3.63, 3.8) is 0 Å². The fourth-order valence-electron chi connectivity index (χ4n) is 4.88. The van der Waals surface area contributed by atoms with E-state index in [-0.39, 0.29) is 48.4 Å². The number of hydrogen-bond donors (Lipinski definition) is 2. The van der Waals surface area contributed by atoms with Gasteiger partial charge in [0.25, 0.3) is 5.91 Å². The van der Waals surface area contributed by atoms with Crippen molar-refractivity contribution in [2.24, 2.45) is 17.8 Å². The molecule has 39 heavy (non-hydrogen) atoms. The van der Waals surface area contributed by atoms with Crippen molar-refractivity contribution in [3.05, 3.63) is 59.9 Å². The second-order valence-corrected chi connectivity index (χ2v) is 10.5. The van der Waals surface area contributed by atoms with E-state index in [1.54, 1.807) is 0 Å². The fourth-order valence-corrected chi connectivity index (χ4v) is 4.88. The molecule has 1 aromatic carbocycles. The molecule has 1 aromatic heterocycles. The maximum absolute atomic E-state index is 13.5. The average molecular weight is 539 g/mol. The predicted octanol–water partition coefficient (Wildman–Crippen LogP) is 3.02. The van der Waals surface area contributed by atoms with Gasteiger partial charge in [0.1, 0.15) is 23.6 Å². The number of benzene rings is 1. The highest BCUT2D eigenvalue weighted by atomic mass is 19.1. The van der Waals surface area contributed by atoms with Gasteiger partial charge in [0.15, 0.2) is 5.78 Å². The average Bonchev–Trinajstić information content (AvgIpc) is 3.32. The molecule has 0 bridgehead atoms. The number of carbonyl (C=O) groups is 5. The van der Waals surface area contributed by atoms with Gasteiger partial charge in [-0.2, -0.15) is 0 Å². The molecule has 1 aliphatic rings. The number of nitrogens with one attached hydrogen (secondary N) is 2. The summed E-state index contributed by atoms with van der Waals surface area (Å²) < 4.78 is 13.4. The highest BCUT2D eigenvalue weighted by Crippen LogP contribution is 2.26. The summed E-state index contributed by atoms with van der Waals surface area (Å²) in [7, 11) is 0. The molecule has 4 atom stereocenters. The number of nitrogens with zero attached hydrogens (tertiary/aromatic N) is 2. The Hall–Kier alpha value is -3.82. The number of carbonyl (C=O) groups excluding carboxylic acids is 5. The summed E-state index contributed by atoms with van der Waals surface area (Å²) in [5, 5.41) is 5.42. The zero-order valence-corrected chi connectivity index (χ0v) is 22.3. The second kappa shape index (κ2) is 14.4. The van der Waals surface area contributed by atoms with Crippen molar-refractivity contribution >= 4 is 29.7 Å². The Morgan fingerprint density at radius 2 is 1.87 bits per heavy atom. The van der Waals surface area contributed by atoms with E-state index in [1.807, 2.05) is 13.8 Å². The Bertz CT molecular complexity index is 1160. The van der Waals surface area contributed by atoms with Crippen molar-refractivity contribution in [1.29, 1.82) is 0 Å². The minimum atomic E-state index is -1.01. The van der Waals surface area contributed by atoms with Gasteiger partial charge in [-0.1, -0.05) is 26.0 Å². The van der Waals surface area contributed by atoms with Gasteiger partial charge in [0.05, 0.1) is 18.3 Å². The first-order valence-electron chi connectivity index (χ1n) is 13.3. The summed E-state index contributed by atoms with van der Waals surface area (Å²) in [6.07, 6.45) is 7.20. The molecule has 0 unspecified atom stereocenters. The first-order chi connectivity index (χ1) is 18.7. The summed E-state index contributed by atoms with van der Waals surface area (Å²) in [5.41, 5.74) is 0.655. The number of Topliss-reactive ketones (excluding diaryl/α,β-unsaturated/α-hetero) is 2. The summed E-state index contributed by atoms with van der Waals surface area (Å²) in [4.78, 5) is 71.2. The molecule has 1 saturated carbocycles. The Kier molecular flexibility index (Phi) is 11.0. The van der Waals surface area contributed by atoms with Crippen LogP contribution in [0.2, 0.25) is 0 Å². The van der Waals surface area contributed by atoms with Crippen molar-refractivity contribution < 1.29 is 28.4 Å². The standard InChI is InChI=1S/C29H35FN4O5/c1-18(2)12-21(28(38)33-23(17-35)14-20-4-3-5-26(20)36)15-27(37)24(13-19-6-8-22(30)9-7-19)34-29(39)25-16-31-10-11-32-25/h6-11,16-18,20-21,23-24H,3-5,12-15H2,1-2H3,(H,33,38)(H,34,39)/t20-,21+,23-,24-/m0/s1. The summed E-state index contributed by atoms with van der Waals surface area (Å²) in [6.45, 7) is 3.84. The van der Waals surface area contributed by atoms with Crippen LogP contribution in [0, 0.1) is 23.6 Å². The van der Waals surface area contributed by atoms with Gasteiger partial charge in [-0.05, 0) is 55.7 Å². The molecule has 0 saturated heterocycles. The number of halogens is 1. The van der Waals surface area contributed by atoms with E-state index >= 15 is 0 Å². The maximum atomic E-state index is 13.5. The molecule has 1 fully saturated rings. The van der Waals surface area contributed by atoms with Crippen LogP contribution in [0.4, 0.5) is 4.39 Å². The minimum absolute atomic E-state index is 0.0289. The van der Waals surface area contributed by atoms with Gasteiger partial charge in [-0.3, -0.25) is 24.2 Å². The molecule has 2 aromatic rings. The lowest BCUT2D eigenvalue weighted by Gasteiger charge is -2.24. The Balaban J connectivity index is 1.75. The summed E-state index contributed by atoms with van der Waals surface area (Å²) in [5.74, 6) is -2.67. The van der Waals surface area contributed by atoms with Crippen LogP contribution >= 0.6 is 0 Å². The van der Waals surface area contributed by atoms with Crippen LogP contribution in [0.3, 0.4) is 0 Å². The number of ketones is 2. The molecule has 0 aliphatic heterocycles. The molecule has 0 radical (unpaired) electrons. The maximum Gasteiger partial charge on any atom is 0.272 e. The van der Waals surface area contributed by atoms with Crippen LogP contribution in [0.1, 0.15) is 68.4 Å². The zero-order chi connectivity index (χ0) is 28.4. The lowest BCUT2D eigenvalue weighted by atomic mass is 9.88. The largest absolute Gasteiger partial charge is 0.346 e. The summed E-state index contributed by atoms with van der Waals surface area (Å²) >= 11 is 0. The zero-order valence-electron chi connectivity index (χ0n) is 22.3. The molecule has 2 N–H and O–H groups in total. The van der Waals surface area contributed by atoms with E-state index in [9.17, 15) is 28.4 Å².